The molecule has 0 bridgehead atoms. The summed E-state index contributed by atoms with van der Waals surface area (Å²) in [5.41, 5.74) is 0. The number of ether oxygens (including phenoxy) is 2. The smallest absolute Gasteiger partial charge is 0.457 e. The second kappa shape index (κ2) is 34.0. The van der Waals surface area contributed by atoms with Crippen LogP contribution in [0.15, 0.2) is 60.8 Å². The molecule has 10 heteroatoms. The first-order valence-electron chi connectivity index (χ1n) is 17.8. The molecule has 0 rings (SSSR count). The second-order valence-electron chi connectivity index (χ2n) is 11.5. The summed E-state index contributed by atoms with van der Waals surface area (Å²) in [6, 6.07) is 0. The quantitative estimate of drug-likeness (QED) is 0.0268. The highest BCUT2D eigenvalue weighted by molar-refractivity contribution is 7.47. The Bertz CT molecular complexity index is 914. The van der Waals surface area contributed by atoms with Crippen molar-refractivity contribution in [2.45, 2.75) is 135 Å². The zero-order valence-corrected chi connectivity index (χ0v) is 30.1. The highest BCUT2D eigenvalue weighted by Crippen LogP contribution is 2.43. The number of hydrogen-bond donors (Lipinski definition) is 3. The van der Waals surface area contributed by atoms with Gasteiger partial charge in [0.15, 0.2) is 0 Å². The van der Waals surface area contributed by atoms with E-state index in [2.05, 4.69) is 56.4 Å². The number of esters is 1. The second-order valence-corrected chi connectivity index (χ2v) is 13.0. The molecule has 0 aliphatic heterocycles. The summed E-state index contributed by atoms with van der Waals surface area (Å²) in [5.74, 6) is -0.511. The third-order valence-electron chi connectivity index (χ3n) is 7.00. The van der Waals surface area contributed by atoms with Crippen molar-refractivity contribution in [1.29, 1.82) is 0 Å². The van der Waals surface area contributed by atoms with E-state index in [0.29, 0.717) is 13.0 Å². The van der Waals surface area contributed by atoms with Gasteiger partial charge in [-0.1, -0.05) is 139 Å². The summed E-state index contributed by atoms with van der Waals surface area (Å²) < 4.78 is 33.0. The summed E-state index contributed by atoms with van der Waals surface area (Å²) in [6.45, 7) is 3.23. The minimum absolute atomic E-state index is 0.00836. The van der Waals surface area contributed by atoms with Crippen LogP contribution in [0.2, 0.25) is 0 Å². The third-order valence-corrected chi connectivity index (χ3v) is 7.95. The van der Waals surface area contributed by atoms with Crippen LogP contribution in [0, 0.1) is 0 Å². The predicted molar refractivity (Wildman–Crippen MR) is 191 cm³/mol. The minimum atomic E-state index is -4.53. The summed E-state index contributed by atoms with van der Waals surface area (Å²) >= 11 is 0. The largest absolute Gasteiger partial charge is 0.472 e. The van der Waals surface area contributed by atoms with Gasteiger partial charge in [0.2, 0.25) is 0 Å². The van der Waals surface area contributed by atoms with E-state index in [-0.39, 0.29) is 13.0 Å². The van der Waals surface area contributed by atoms with E-state index >= 15 is 0 Å². The Kier molecular flexibility index (Phi) is 32.7. The zero-order valence-electron chi connectivity index (χ0n) is 29.2. The van der Waals surface area contributed by atoms with E-state index in [4.69, 9.17) is 23.6 Å². The van der Waals surface area contributed by atoms with Gasteiger partial charge in [-0.05, 0) is 38.5 Å². The summed E-state index contributed by atoms with van der Waals surface area (Å²) in [4.78, 5) is 22.3. The van der Waals surface area contributed by atoms with Crippen molar-refractivity contribution in [3.8, 4) is 0 Å². The van der Waals surface area contributed by atoms with Crippen LogP contribution in [-0.2, 0) is 27.9 Å². The molecule has 0 aromatic heterocycles. The molecule has 0 aliphatic carbocycles. The Labute approximate surface area is 285 Å². The fourth-order valence-corrected chi connectivity index (χ4v) is 5.10. The lowest BCUT2D eigenvalue weighted by molar-refractivity contribution is -0.153. The Morgan fingerprint density at radius 1 is 0.660 bits per heavy atom. The standard InChI is InChI=1S/C37H65O9P/c1-3-5-7-9-11-13-15-16-17-18-19-21-23-25-27-29-37(40)46-36(34-45-47(41,42)44-32-35(39)31-38)33-43-30-28-26-24-22-20-14-12-10-8-6-4-2/h5,7,11,13,16-17,19,21,25,27,35-36,38-39H,3-4,6,8-10,12,14-15,18,20,22-24,26,28-34H2,1-2H3,(H,41,42)/b7-5-,13-11-,17-16-,21-19-,27-25-. The van der Waals surface area contributed by atoms with Crippen LogP contribution in [0.4, 0.5) is 0 Å². The average Bonchev–Trinajstić information content (AvgIpc) is 3.06. The topological polar surface area (TPSA) is 132 Å². The molecule has 3 atom stereocenters. The molecule has 9 nitrogen and oxygen atoms in total. The van der Waals surface area contributed by atoms with Crippen molar-refractivity contribution >= 4 is 13.8 Å². The first kappa shape index (κ1) is 45.2. The van der Waals surface area contributed by atoms with Crippen LogP contribution in [0.3, 0.4) is 0 Å². The molecule has 0 aliphatic rings. The fraction of sp³-hybridized carbons (Fsp3) is 0.703. The molecule has 0 heterocycles. The molecule has 0 fully saturated rings. The summed E-state index contributed by atoms with van der Waals surface area (Å²) in [6.07, 6.45) is 36.4. The molecule has 3 N–H and O–H groups in total. The van der Waals surface area contributed by atoms with Crippen LogP contribution in [-0.4, -0.2) is 66.3 Å². The number of hydrogen-bond acceptors (Lipinski definition) is 8. The molecule has 3 unspecified atom stereocenters. The maximum Gasteiger partial charge on any atom is 0.472 e. The van der Waals surface area contributed by atoms with Crippen molar-refractivity contribution in [2.24, 2.45) is 0 Å². The number of phosphoric ester groups is 1. The maximum absolute atomic E-state index is 12.5. The first-order chi connectivity index (χ1) is 22.8. The van der Waals surface area contributed by atoms with Gasteiger partial charge >= 0.3 is 13.8 Å². The number of rotatable bonds is 33. The van der Waals surface area contributed by atoms with Gasteiger partial charge in [0, 0.05) is 6.61 Å². The monoisotopic (exact) mass is 684 g/mol. The number of carbonyl (C=O) groups excluding carboxylic acids is 1. The maximum atomic E-state index is 12.5. The molecule has 0 aromatic rings. The van der Waals surface area contributed by atoms with E-state index in [1.54, 1.807) is 6.08 Å². The Balaban J connectivity index is 4.44. The molecule has 0 aromatic carbocycles. The van der Waals surface area contributed by atoms with Gasteiger partial charge in [0.25, 0.3) is 0 Å². The molecule has 272 valence electrons. The number of unbranched alkanes of at least 4 members (excludes halogenated alkanes) is 10. The minimum Gasteiger partial charge on any atom is -0.457 e. The average molecular weight is 685 g/mol. The Morgan fingerprint density at radius 2 is 1.13 bits per heavy atom. The van der Waals surface area contributed by atoms with Crippen LogP contribution >= 0.6 is 7.82 Å². The van der Waals surface area contributed by atoms with Gasteiger partial charge < -0.3 is 24.6 Å². The molecule has 0 saturated carbocycles. The fourth-order valence-electron chi connectivity index (χ4n) is 4.31. The number of allylic oxidation sites excluding steroid dienone is 9. The Morgan fingerprint density at radius 3 is 1.64 bits per heavy atom. The molecule has 0 amide bonds. The molecular weight excluding hydrogens is 619 g/mol. The predicted octanol–water partition coefficient (Wildman–Crippen LogP) is 8.85. The van der Waals surface area contributed by atoms with Crippen molar-refractivity contribution in [1.82, 2.24) is 0 Å². The lowest BCUT2D eigenvalue weighted by Gasteiger charge is -2.20. The van der Waals surface area contributed by atoms with E-state index in [1.807, 2.05) is 12.2 Å². The van der Waals surface area contributed by atoms with E-state index in [1.165, 1.54) is 51.4 Å². The Hall–Kier alpha value is -1.84. The highest BCUT2D eigenvalue weighted by atomic mass is 31.2. The molecule has 47 heavy (non-hydrogen) atoms. The number of aliphatic hydroxyl groups excluding tert-OH is 2. The van der Waals surface area contributed by atoms with E-state index in [0.717, 1.165) is 44.9 Å². The summed E-state index contributed by atoms with van der Waals surface area (Å²) in [7, 11) is -4.53. The highest BCUT2D eigenvalue weighted by Gasteiger charge is 2.26. The zero-order chi connectivity index (χ0) is 34.7. The van der Waals surface area contributed by atoms with E-state index in [9.17, 15) is 19.4 Å². The van der Waals surface area contributed by atoms with Crippen molar-refractivity contribution < 1.29 is 43.0 Å². The SMILES string of the molecule is CC/C=C\C/C=C\C/C=C\C/C=C\C/C=C\CC(=O)OC(COCCCCCCCCCCCCC)COP(=O)(O)OCC(O)CO. The summed E-state index contributed by atoms with van der Waals surface area (Å²) in [5, 5.41) is 18.2. The molecule has 0 spiro atoms. The van der Waals surface area contributed by atoms with Crippen molar-refractivity contribution in [3.05, 3.63) is 60.8 Å². The van der Waals surface area contributed by atoms with E-state index < -0.39 is 45.8 Å². The van der Waals surface area contributed by atoms with Gasteiger partial charge in [0.05, 0.1) is 32.8 Å². The third kappa shape index (κ3) is 33.8. The first-order valence-corrected chi connectivity index (χ1v) is 19.3. The van der Waals surface area contributed by atoms with Gasteiger partial charge in [0.1, 0.15) is 12.2 Å². The van der Waals surface area contributed by atoms with Crippen molar-refractivity contribution in [3.63, 3.8) is 0 Å². The lowest BCUT2D eigenvalue weighted by atomic mass is 10.1. The molecular formula is C37H65O9P. The van der Waals surface area contributed by atoms with Crippen LogP contribution in [0.5, 0.6) is 0 Å². The normalized spacial score (nSPS) is 15.1. The van der Waals surface area contributed by atoms with Gasteiger partial charge in [-0.25, -0.2) is 4.57 Å². The number of aliphatic hydroxyl groups is 2. The number of carbonyl (C=O) groups is 1. The molecule has 0 saturated heterocycles. The molecule has 0 radical (unpaired) electrons. The van der Waals surface area contributed by atoms with Crippen molar-refractivity contribution in [2.75, 3.05) is 33.0 Å². The van der Waals surface area contributed by atoms with Crippen LogP contribution in [0.1, 0.15) is 123 Å². The number of phosphoric acid groups is 1. The van der Waals surface area contributed by atoms with Gasteiger partial charge in [-0.15, -0.1) is 0 Å². The van der Waals surface area contributed by atoms with Gasteiger partial charge in [-0.3, -0.25) is 13.8 Å². The van der Waals surface area contributed by atoms with Gasteiger partial charge in [-0.2, -0.15) is 0 Å². The van der Waals surface area contributed by atoms with Crippen LogP contribution < -0.4 is 0 Å². The van der Waals surface area contributed by atoms with Crippen LogP contribution in [0.25, 0.3) is 0 Å². The lowest BCUT2D eigenvalue weighted by Crippen LogP contribution is -2.28.